The molecule has 3 heterocycles. The van der Waals surface area contributed by atoms with E-state index in [4.69, 9.17) is 10.5 Å². The lowest BCUT2D eigenvalue weighted by Crippen LogP contribution is -2.11. The zero-order valence-electron chi connectivity index (χ0n) is 13.9. The topological polar surface area (TPSA) is 110 Å². The molecular weight excluding hydrogens is 372 g/mol. The number of nitrogens with zero attached hydrogens (tertiary/aromatic N) is 1. The van der Waals surface area contributed by atoms with Gasteiger partial charge in [-0.2, -0.15) is 0 Å². The van der Waals surface area contributed by atoms with Crippen LogP contribution < -0.4 is 21.3 Å². The summed E-state index contributed by atoms with van der Waals surface area (Å²) in [4.78, 5) is 32.4. The highest BCUT2D eigenvalue weighted by Gasteiger charge is 2.20. The first kappa shape index (κ1) is 16.6. The Bertz CT molecular complexity index is 1220. The van der Waals surface area contributed by atoms with Crippen LogP contribution in [0.1, 0.15) is 15.2 Å². The lowest BCUT2D eigenvalue weighted by atomic mass is 10.2. The Balaban J connectivity index is 1.70. The number of hydrogen-bond donors (Lipinski definition) is 3. The third-order valence-corrected chi connectivity index (χ3v) is 6.00. The number of benzene rings is 1. The summed E-state index contributed by atoms with van der Waals surface area (Å²) in [5.74, 6) is 0.377. The summed E-state index contributed by atoms with van der Waals surface area (Å²) >= 11 is 2.51. The number of carbonyl (C=O) groups excluding carboxylic acids is 1. The van der Waals surface area contributed by atoms with Gasteiger partial charge in [-0.3, -0.25) is 14.9 Å². The maximum absolute atomic E-state index is 12.7. The van der Waals surface area contributed by atoms with Crippen molar-refractivity contribution >= 4 is 59.8 Å². The predicted molar refractivity (Wildman–Crippen MR) is 106 cm³/mol. The number of fused-ring (bicyclic) bond motifs is 2. The minimum absolute atomic E-state index is 0.219. The molecule has 132 valence electrons. The predicted octanol–water partition coefficient (Wildman–Crippen LogP) is 3.35. The van der Waals surface area contributed by atoms with E-state index in [9.17, 15) is 9.59 Å². The fourth-order valence-electron chi connectivity index (χ4n) is 2.75. The maximum Gasteiger partial charge on any atom is 0.269 e. The molecule has 0 saturated heterocycles. The van der Waals surface area contributed by atoms with Gasteiger partial charge >= 0.3 is 0 Å². The number of amides is 1. The minimum Gasteiger partial charge on any atom is -0.497 e. The highest BCUT2D eigenvalue weighted by molar-refractivity contribution is 7.23. The average Bonchev–Trinajstić information content (AvgIpc) is 3.14. The number of carbonyl (C=O) groups is 1. The third-order valence-electron chi connectivity index (χ3n) is 3.95. The van der Waals surface area contributed by atoms with Gasteiger partial charge in [0, 0.05) is 11.5 Å². The zero-order valence-corrected chi connectivity index (χ0v) is 15.5. The molecule has 26 heavy (non-hydrogen) atoms. The van der Waals surface area contributed by atoms with Crippen molar-refractivity contribution in [1.82, 2.24) is 9.97 Å². The molecule has 0 unspecified atom stereocenters. The van der Waals surface area contributed by atoms with Crippen molar-refractivity contribution in [2.75, 3.05) is 18.2 Å². The largest absolute Gasteiger partial charge is 0.497 e. The number of aryl methyl sites for hydroxylation is 1. The molecule has 4 N–H and O–H groups in total. The second-order valence-electron chi connectivity index (χ2n) is 5.67. The molecule has 3 aromatic heterocycles. The van der Waals surface area contributed by atoms with E-state index in [1.54, 1.807) is 14.0 Å². The smallest absolute Gasteiger partial charge is 0.269 e. The molecule has 1 aromatic carbocycles. The monoisotopic (exact) mass is 386 g/mol. The number of methoxy groups -OCH3 is 1. The normalized spacial score (nSPS) is 11.2. The summed E-state index contributed by atoms with van der Waals surface area (Å²) in [5, 5.41) is 3.96. The first-order chi connectivity index (χ1) is 12.5. The molecule has 0 bridgehead atoms. The molecule has 9 heteroatoms. The van der Waals surface area contributed by atoms with Crippen LogP contribution >= 0.6 is 22.7 Å². The number of thiophene rings is 1. The lowest BCUT2D eigenvalue weighted by molar-refractivity contribution is 0.103. The van der Waals surface area contributed by atoms with Crippen LogP contribution in [0.4, 0.5) is 10.8 Å². The van der Waals surface area contributed by atoms with Crippen LogP contribution in [0.25, 0.3) is 20.4 Å². The maximum atomic E-state index is 12.7. The summed E-state index contributed by atoms with van der Waals surface area (Å²) in [7, 11) is 1.60. The van der Waals surface area contributed by atoms with Gasteiger partial charge < -0.3 is 15.5 Å². The summed E-state index contributed by atoms with van der Waals surface area (Å²) in [6, 6.07) is 6.98. The molecule has 0 fully saturated rings. The number of nitrogens with two attached hydrogens (primary N) is 1. The fraction of sp³-hybridized carbons (Fsp3) is 0.118. The lowest BCUT2D eigenvalue weighted by Gasteiger charge is -2.00. The Morgan fingerprint density at radius 3 is 2.88 bits per heavy atom. The molecular formula is C17H14N4O3S2. The Kier molecular flexibility index (Phi) is 3.89. The van der Waals surface area contributed by atoms with Crippen molar-refractivity contribution in [2.24, 2.45) is 0 Å². The highest BCUT2D eigenvalue weighted by Crippen LogP contribution is 2.35. The SMILES string of the molecule is COc1ccc2nc(NC(=O)c3sc4[nH]c(=O)cc(C)c4c3N)sc2c1. The van der Waals surface area contributed by atoms with E-state index in [2.05, 4.69) is 15.3 Å². The van der Waals surface area contributed by atoms with Crippen molar-refractivity contribution in [3.8, 4) is 5.75 Å². The van der Waals surface area contributed by atoms with Crippen molar-refractivity contribution < 1.29 is 9.53 Å². The van der Waals surface area contributed by atoms with E-state index >= 15 is 0 Å². The number of nitrogens with one attached hydrogen (secondary N) is 2. The molecule has 0 aliphatic rings. The van der Waals surface area contributed by atoms with E-state index in [1.165, 1.54) is 17.4 Å². The molecule has 0 saturated carbocycles. The van der Waals surface area contributed by atoms with E-state index in [1.807, 2.05) is 18.2 Å². The molecule has 7 nitrogen and oxygen atoms in total. The number of rotatable bonds is 3. The first-order valence-electron chi connectivity index (χ1n) is 7.64. The molecule has 0 atom stereocenters. The number of aromatic amines is 1. The zero-order chi connectivity index (χ0) is 18.4. The van der Waals surface area contributed by atoms with E-state index in [0.29, 0.717) is 25.9 Å². The van der Waals surface area contributed by atoms with Crippen LogP contribution in [0, 0.1) is 6.92 Å². The van der Waals surface area contributed by atoms with Crippen molar-refractivity contribution in [3.63, 3.8) is 0 Å². The van der Waals surface area contributed by atoms with Crippen LogP contribution in [0.15, 0.2) is 29.1 Å². The number of anilines is 2. The van der Waals surface area contributed by atoms with E-state index < -0.39 is 0 Å². The fourth-order valence-corrected chi connectivity index (χ4v) is 4.72. The van der Waals surface area contributed by atoms with Gasteiger partial charge in [0.15, 0.2) is 5.13 Å². The van der Waals surface area contributed by atoms with Gasteiger partial charge in [-0.25, -0.2) is 4.98 Å². The number of ether oxygens (including phenoxy) is 1. The van der Waals surface area contributed by atoms with Crippen molar-refractivity contribution in [2.45, 2.75) is 6.92 Å². The van der Waals surface area contributed by atoms with Crippen LogP contribution in [-0.2, 0) is 0 Å². The molecule has 0 spiro atoms. The van der Waals surface area contributed by atoms with Gasteiger partial charge in [0.25, 0.3) is 5.91 Å². The Morgan fingerprint density at radius 1 is 1.31 bits per heavy atom. The third kappa shape index (κ3) is 2.71. The second-order valence-corrected chi connectivity index (χ2v) is 7.72. The van der Waals surface area contributed by atoms with E-state index in [0.717, 1.165) is 32.9 Å². The summed E-state index contributed by atoms with van der Waals surface area (Å²) in [6.07, 6.45) is 0. The molecule has 1 amide bonds. The highest BCUT2D eigenvalue weighted by atomic mass is 32.1. The number of H-pyrrole nitrogens is 1. The quantitative estimate of drug-likeness (QED) is 0.500. The average molecular weight is 386 g/mol. The van der Waals surface area contributed by atoms with Crippen molar-refractivity contribution in [1.29, 1.82) is 0 Å². The van der Waals surface area contributed by atoms with Gasteiger partial charge in [0.05, 0.1) is 23.0 Å². The van der Waals surface area contributed by atoms with E-state index in [-0.39, 0.29) is 11.5 Å². The Hall–Kier alpha value is -2.91. The standard InChI is InChI=1S/C17H14N4O3S2/c1-7-5-11(22)20-16-12(7)13(18)14(26-16)15(23)21-17-19-9-4-3-8(24-2)6-10(9)25-17/h3-6H,18H2,1-2H3,(H,20,22)(H,19,21,23). The first-order valence-corrected chi connectivity index (χ1v) is 9.27. The molecule has 0 aliphatic carbocycles. The van der Waals surface area contributed by atoms with Crippen LogP contribution in [-0.4, -0.2) is 23.0 Å². The summed E-state index contributed by atoms with van der Waals surface area (Å²) in [5.41, 5.74) is 7.81. The molecule has 4 aromatic rings. The molecule has 0 aliphatic heterocycles. The number of thiazole rings is 1. The van der Waals surface area contributed by atoms with Gasteiger partial charge in [-0.1, -0.05) is 11.3 Å². The summed E-state index contributed by atoms with van der Waals surface area (Å²) in [6.45, 7) is 1.79. The van der Waals surface area contributed by atoms with Gasteiger partial charge in [0.2, 0.25) is 5.56 Å². The number of aromatic nitrogens is 2. The van der Waals surface area contributed by atoms with Gasteiger partial charge in [-0.05, 0) is 30.7 Å². The van der Waals surface area contributed by atoms with Crippen molar-refractivity contribution in [3.05, 3.63) is 45.1 Å². The number of pyridine rings is 1. The van der Waals surface area contributed by atoms with Crippen LogP contribution in [0.5, 0.6) is 5.75 Å². The second kappa shape index (κ2) is 6.11. The Labute approximate surface area is 155 Å². The van der Waals surface area contributed by atoms with Gasteiger partial charge in [-0.15, -0.1) is 11.3 Å². The number of nitrogen functional groups attached to an aromatic ring is 1. The Morgan fingerprint density at radius 2 is 2.12 bits per heavy atom. The van der Waals surface area contributed by atoms with Crippen LogP contribution in [0.3, 0.4) is 0 Å². The van der Waals surface area contributed by atoms with Crippen LogP contribution in [0.2, 0.25) is 0 Å². The molecule has 0 radical (unpaired) electrons. The molecule has 4 rings (SSSR count). The van der Waals surface area contributed by atoms with Gasteiger partial charge in [0.1, 0.15) is 15.5 Å². The minimum atomic E-state index is -0.352. The summed E-state index contributed by atoms with van der Waals surface area (Å²) < 4.78 is 6.11. The number of hydrogen-bond acceptors (Lipinski definition) is 7.